The zero-order valence-electron chi connectivity index (χ0n) is 11.0. The van der Waals surface area contributed by atoms with E-state index in [-0.39, 0.29) is 23.6 Å². The van der Waals surface area contributed by atoms with Crippen LogP contribution in [0.2, 0.25) is 0 Å². The number of Topliss-reactive ketones (excluding diaryl/α,β-unsaturated/α-hetero) is 1. The van der Waals surface area contributed by atoms with Crippen molar-refractivity contribution < 1.29 is 19.2 Å². The van der Waals surface area contributed by atoms with Crippen LogP contribution in [0.5, 0.6) is 5.75 Å². The van der Waals surface area contributed by atoms with Crippen LogP contribution in [0.25, 0.3) is 0 Å². The second-order valence-electron chi connectivity index (χ2n) is 4.67. The maximum atomic E-state index is 11.3. The number of nitrogens with zero attached hydrogens (tertiary/aromatic N) is 1. The molecule has 0 aliphatic heterocycles. The molecule has 0 heterocycles. The highest BCUT2D eigenvalue weighted by Crippen LogP contribution is 2.35. The van der Waals surface area contributed by atoms with E-state index < -0.39 is 17.1 Å². The van der Waals surface area contributed by atoms with Gasteiger partial charge >= 0.3 is 5.69 Å². The fourth-order valence-corrected chi connectivity index (χ4v) is 2.23. The number of nitro benzene ring substituents is 1. The minimum absolute atomic E-state index is 0.0417. The van der Waals surface area contributed by atoms with Crippen LogP contribution < -0.4 is 4.74 Å². The number of hydrogen-bond donors (Lipinski definition) is 0. The third-order valence-corrected chi connectivity index (χ3v) is 3.18. The van der Waals surface area contributed by atoms with Gasteiger partial charge in [0.05, 0.1) is 4.92 Å². The average molecular weight is 265 g/mol. The maximum Gasteiger partial charge on any atom is 0.311 e. The summed E-state index contributed by atoms with van der Waals surface area (Å²) in [4.78, 5) is 21.9. The van der Waals surface area contributed by atoms with Gasteiger partial charge in [-0.3, -0.25) is 14.9 Å². The van der Waals surface area contributed by atoms with Crippen LogP contribution in [0.3, 0.4) is 0 Å². The van der Waals surface area contributed by atoms with E-state index in [0.717, 1.165) is 5.56 Å². The molecule has 0 aromatic heterocycles. The first-order valence-electron chi connectivity index (χ1n) is 5.92. The summed E-state index contributed by atoms with van der Waals surface area (Å²) in [5.74, 6) is 0.176. The molecule has 1 fully saturated rings. The van der Waals surface area contributed by atoms with Gasteiger partial charge in [-0.1, -0.05) is 6.07 Å². The summed E-state index contributed by atoms with van der Waals surface area (Å²) in [5.41, 5.74) is 1.40. The molecule has 2 atom stereocenters. The second kappa shape index (κ2) is 4.97. The molecule has 1 saturated carbocycles. The van der Waals surface area contributed by atoms with Crippen molar-refractivity contribution in [2.45, 2.75) is 32.5 Å². The molecule has 0 N–H and O–H groups in total. The highest BCUT2D eigenvalue weighted by atomic mass is 16.6. The number of aryl methyl sites for hydroxylation is 2. The van der Waals surface area contributed by atoms with Crippen LogP contribution in [-0.4, -0.2) is 30.0 Å². The van der Waals surface area contributed by atoms with E-state index in [9.17, 15) is 14.9 Å². The molecule has 1 aliphatic rings. The lowest BCUT2D eigenvalue weighted by molar-refractivity contribution is -0.386. The summed E-state index contributed by atoms with van der Waals surface area (Å²) in [6.45, 7) is 3.53. The third kappa shape index (κ3) is 2.44. The Bertz CT molecular complexity index is 540. The topological polar surface area (TPSA) is 78.7 Å². The summed E-state index contributed by atoms with van der Waals surface area (Å²) in [6.07, 6.45) is -0.846. The predicted molar refractivity (Wildman–Crippen MR) is 67.4 cm³/mol. The van der Waals surface area contributed by atoms with Gasteiger partial charge in [0.2, 0.25) is 0 Å². The van der Waals surface area contributed by atoms with Gasteiger partial charge in [-0.05, 0) is 25.0 Å². The number of benzene rings is 1. The van der Waals surface area contributed by atoms with Gasteiger partial charge in [0.15, 0.2) is 17.6 Å². The smallest absolute Gasteiger partial charge is 0.311 e. The minimum atomic E-state index is -0.625. The monoisotopic (exact) mass is 265 g/mol. The molecule has 1 aromatic carbocycles. The Morgan fingerprint density at radius 2 is 2.05 bits per heavy atom. The number of ether oxygens (including phenoxy) is 2. The molecule has 6 heteroatoms. The van der Waals surface area contributed by atoms with E-state index in [2.05, 4.69) is 0 Å². The molecule has 0 saturated heterocycles. The molecule has 0 radical (unpaired) electrons. The van der Waals surface area contributed by atoms with E-state index in [4.69, 9.17) is 9.47 Å². The first-order valence-corrected chi connectivity index (χ1v) is 5.92. The van der Waals surface area contributed by atoms with Crippen LogP contribution >= 0.6 is 0 Å². The number of hydrogen-bond acceptors (Lipinski definition) is 5. The van der Waals surface area contributed by atoms with Gasteiger partial charge in [0, 0.05) is 19.6 Å². The van der Waals surface area contributed by atoms with Gasteiger partial charge in [0.25, 0.3) is 0 Å². The normalized spacial score (nSPS) is 21.9. The molecule has 6 nitrogen and oxygen atoms in total. The Labute approximate surface area is 110 Å². The number of carbonyl (C=O) groups is 1. The Balaban J connectivity index is 2.30. The Morgan fingerprint density at radius 3 is 2.58 bits per heavy atom. The van der Waals surface area contributed by atoms with Crippen molar-refractivity contribution in [3.63, 3.8) is 0 Å². The SMILES string of the molecule is COC1C(=O)CC1Oc1c(C)cc(C)cc1[N+](=O)[O-]. The minimum Gasteiger partial charge on any atom is -0.480 e. The van der Waals surface area contributed by atoms with Crippen molar-refractivity contribution >= 4 is 11.5 Å². The molecule has 0 bridgehead atoms. The number of carbonyl (C=O) groups excluding carboxylic acids is 1. The van der Waals surface area contributed by atoms with E-state index >= 15 is 0 Å². The Hall–Kier alpha value is -1.95. The zero-order valence-corrected chi connectivity index (χ0v) is 11.0. The predicted octanol–water partition coefficient (Wildman–Crippen LogP) is 1.95. The molecule has 0 amide bonds. The van der Waals surface area contributed by atoms with Crippen LogP contribution in [0.4, 0.5) is 5.69 Å². The van der Waals surface area contributed by atoms with Crippen molar-refractivity contribution in [3.05, 3.63) is 33.4 Å². The fraction of sp³-hybridized carbons (Fsp3) is 0.462. The molecular weight excluding hydrogens is 250 g/mol. The van der Waals surface area contributed by atoms with E-state index in [0.29, 0.717) is 5.56 Å². The summed E-state index contributed by atoms with van der Waals surface area (Å²) >= 11 is 0. The molecule has 0 spiro atoms. The van der Waals surface area contributed by atoms with Crippen molar-refractivity contribution in [1.82, 2.24) is 0 Å². The zero-order chi connectivity index (χ0) is 14.2. The summed E-state index contributed by atoms with van der Waals surface area (Å²) in [6, 6.07) is 3.27. The maximum absolute atomic E-state index is 11.3. The number of rotatable bonds is 4. The largest absolute Gasteiger partial charge is 0.480 e. The summed E-state index contributed by atoms with van der Waals surface area (Å²) in [5, 5.41) is 11.1. The quantitative estimate of drug-likeness (QED) is 0.614. The van der Waals surface area contributed by atoms with Crippen molar-refractivity contribution in [3.8, 4) is 5.75 Å². The summed E-state index contributed by atoms with van der Waals surface area (Å²) < 4.78 is 10.6. The number of ketones is 1. The third-order valence-electron chi connectivity index (χ3n) is 3.18. The van der Waals surface area contributed by atoms with E-state index in [1.165, 1.54) is 13.2 Å². The lowest BCUT2D eigenvalue weighted by atomic mass is 9.90. The molecule has 19 heavy (non-hydrogen) atoms. The summed E-state index contributed by atoms with van der Waals surface area (Å²) in [7, 11) is 1.43. The van der Waals surface area contributed by atoms with E-state index in [1.807, 2.05) is 6.07 Å². The molecule has 1 aliphatic carbocycles. The average Bonchev–Trinajstić information content (AvgIpc) is 2.30. The molecule has 1 aromatic rings. The fourth-order valence-electron chi connectivity index (χ4n) is 2.23. The molecule has 102 valence electrons. The Kier molecular flexibility index (Phi) is 3.53. The molecular formula is C13H15NO5. The van der Waals surface area contributed by atoms with Gasteiger partial charge in [-0.2, -0.15) is 0 Å². The lowest BCUT2D eigenvalue weighted by Crippen LogP contribution is -2.51. The molecule has 2 unspecified atom stereocenters. The standard InChI is InChI=1S/C13H15NO5/c1-7-4-8(2)12(9(5-7)14(16)17)19-11-6-10(15)13(11)18-3/h4-5,11,13H,6H2,1-3H3. The lowest BCUT2D eigenvalue weighted by Gasteiger charge is -2.33. The van der Waals surface area contributed by atoms with Crippen LogP contribution in [-0.2, 0) is 9.53 Å². The van der Waals surface area contributed by atoms with Crippen LogP contribution in [0.1, 0.15) is 17.5 Å². The van der Waals surface area contributed by atoms with Crippen molar-refractivity contribution in [2.75, 3.05) is 7.11 Å². The van der Waals surface area contributed by atoms with Gasteiger partial charge in [0.1, 0.15) is 6.10 Å². The Morgan fingerprint density at radius 1 is 1.37 bits per heavy atom. The van der Waals surface area contributed by atoms with Crippen LogP contribution in [0.15, 0.2) is 12.1 Å². The highest BCUT2D eigenvalue weighted by Gasteiger charge is 2.43. The number of methoxy groups -OCH3 is 1. The van der Waals surface area contributed by atoms with Crippen molar-refractivity contribution in [1.29, 1.82) is 0 Å². The highest BCUT2D eigenvalue weighted by molar-refractivity contribution is 5.90. The first kappa shape index (κ1) is 13.5. The van der Waals surface area contributed by atoms with Crippen molar-refractivity contribution in [2.24, 2.45) is 0 Å². The van der Waals surface area contributed by atoms with Crippen LogP contribution in [0, 0.1) is 24.0 Å². The van der Waals surface area contributed by atoms with E-state index in [1.54, 1.807) is 13.8 Å². The molecule has 2 rings (SSSR count). The van der Waals surface area contributed by atoms with Gasteiger partial charge in [-0.25, -0.2) is 0 Å². The first-order chi connectivity index (χ1) is 8.93. The van der Waals surface area contributed by atoms with Gasteiger partial charge < -0.3 is 9.47 Å². The van der Waals surface area contributed by atoms with Gasteiger partial charge in [-0.15, -0.1) is 0 Å². The second-order valence-corrected chi connectivity index (χ2v) is 4.67. The number of nitro groups is 1.